The molecule has 0 aliphatic rings. The highest BCUT2D eigenvalue weighted by atomic mass is 16.5. The van der Waals surface area contributed by atoms with E-state index in [-0.39, 0.29) is 0 Å². The molecule has 0 spiro atoms. The van der Waals surface area contributed by atoms with Gasteiger partial charge in [0.25, 0.3) is 0 Å². The molecule has 0 fully saturated rings. The molecule has 0 bridgehead atoms. The van der Waals surface area contributed by atoms with Crippen LogP contribution in [0.4, 0.5) is 0 Å². The van der Waals surface area contributed by atoms with Crippen molar-refractivity contribution < 1.29 is 4.74 Å². The Kier molecular flexibility index (Phi) is 1.50. The standard InChI is InChI=1S/C9H10N2O/c1-7-10-6-8-4-3-5-9(12-2)11(7)8/h3-6H,1-2H3. The largest absolute Gasteiger partial charge is 0.482 e. The summed E-state index contributed by atoms with van der Waals surface area (Å²) in [5.74, 6) is 1.77. The van der Waals surface area contributed by atoms with Crippen molar-refractivity contribution in [2.24, 2.45) is 0 Å². The molecule has 0 saturated heterocycles. The fourth-order valence-electron chi connectivity index (χ4n) is 1.33. The third-order valence-corrected chi connectivity index (χ3v) is 1.90. The first-order valence-corrected chi connectivity index (χ1v) is 3.80. The van der Waals surface area contributed by atoms with Gasteiger partial charge in [-0.3, -0.25) is 4.40 Å². The molecule has 0 aliphatic heterocycles. The van der Waals surface area contributed by atoms with E-state index in [9.17, 15) is 0 Å². The zero-order valence-corrected chi connectivity index (χ0v) is 7.11. The summed E-state index contributed by atoms with van der Waals surface area (Å²) in [6.07, 6.45) is 1.83. The molecule has 0 radical (unpaired) electrons. The predicted octanol–water partition coefficient (Wildman–Crippen LogP) is 1.65. The average molecular weight is 162 g/mol. The molecule has 3 nitrogen and oxygen atoms in total. The second-order valence-electron chi connectivity index (χ2n) is 2.63. The summed E-state index contributed by atoms with van der Waals surface area (Å²) < 4.78 is 7.16. The van der Waals surface area contributed by atoms with Crippen molar-refractivity contribution in [3.8, 4) is 5.88 Å². The van der Waals surface area contributed by atoms with Crippen molar-refractivity contribution in [3.63, 3.8) is 0 Å². The quantitative estimate of drug-likeness (QED) is 0.637. The third kappa shape index (κ3) is 0.863. The Balaban J connectivity index is 2.84. The van der Waals surface area contributed by atoms with Gasteiger partial charge in [-0.2, -0.15) is 0 Å². The lowest BCUT2D eigenvalue weighted by Crippen LogP contribution is -1.94. The second kappa shape index (κ2) is 2.52. The van der Waals surface area contributed by atoms with E-state index in [0.717, 1.165) is 17.2 Å². The van der Waals surface area contributed by atoms with Gasteiger partial charge < -0.3 is 4.74 Å². The Morgan fingerprint density at radius 2 is 2.25 bits per heavy atom. The van der Waals surface area contributed by atoms with Crippen molar-refractivity contribution >= 4 is 5.52 Å². The minimum Gasteiger partial charge on any atom is -0.482 e. The van der Waals surface area contributed by atoms with Crippen LogP contribution in [0.2, 0.25) is 0 Å². The van der Waals surface area contributed by atoms with Crippen molar-refractivity contribution in [3.05, 3.63) is 30.2 Å². The van der Waals surface area contributed by atoms with Crippen LogP contribution in [0.1, 0.15) is 5.82 Å². The SMILES string of the molecule is COc1cccc2cnc(C)n12. The molecular weight excluding hydrogens is 152 g/mol. The van der Waals surface area contributed by atoms with Crippen molar-refractivity contribution in [1.82, 2.24) is 9.38 Å². The van der Waals surface area contributed by atoms with E-state index in [4.69, 9.17) is 4.74 Å². The number of methoxy groups -OCH3 is 1. The van der Waals surface area contributed by atoms with Gasteiger partial charge in [0.2, 0.25) is 0 Å². The van der Waals surface area contributed by atoms with Crippen molar-refractivity contribution in [2.75, 3.05) is 7.11 Å². The van der Waals surface area contributed by atoms with E-state index in [1.165, 1.54) is 0 Å². The number of fused-ring (bicyclic) bond motifs is 1. The monoisotopic (exact) mass is 162 g/mol. The van der Waals surface area contributed by atoms with Crippen LogP contribution in [0.25, 0.3) is 5.52 Å². The molecule has 2 aromatic heterocycles. The lowest BCUT2D eigenvalue weighted by molar-refractivity contribution is 0.391. The first kappa shape index (κ1) is 7.16. The van der Waals surface area contributed by atoms with Gasteiger partial charge in [-0.05, 0) is 19.1 Å². The number of aromatic nitrogens is 2. The Labute approximate surface area is 70.6 Å². The molecule has 0 aliphatic carbocycles. The Morgan fingerprint density at radius 1 is 1.42 bits per heavy atom. The molecule has 62 valence electrons. The van der Waals surface area contributed by atoms with Gasteiger partial charge in [0, 0.05) is 0 Å². The first-order valence-electron chi connectivity index (χ1n) is 3.80. The number of aryl methyl sites for hydroxylation is 1. The molecule has 0 saturated carbocycles. The number of ether oxygens (including phenoxy) is 1. The molecule has 2 aromatic rings. The maximum atomic E-state index is 5.19. The van der Waals surface area contributed by atoms with Gasteiger partial charge >= 0.3 is 0 Å². The first-order chi connectivity index (χ1) is 5.83. The van der Waals surface area contributed by atoms with Crippen LogP contribution in [-0.2, 0) is 0 Å². The summed E-state index contributed by atoms with van der Waals surface area (Å²) in [4.78, 5) is 4.19. The molecule has 0 unspecified atom stereocenters. The number of nitrogens with zero attached hydrogens (tertiary/aromatic N) is 2. The lowest BCUT2D eigenvalue weighted by Gasteiger charge is -2.03. The summed E-state index contributed by atoms with van der Waals surface area (Å²) in [6, 6.07) is 5.87. The van der Waals surface area contributed by atoms with Crippen LogP contribution in [0, 0.1) is 6.92 Å². The van der Waals surface area contributed by atoms with Crippen molar-refractivity contribution in [2.45, 2.75) is 6.92 Å². The molecule has 2 rings (SSSR count). The topological polar surface area (TPSA) is 26.5 Å². The fraction of sp³-hybridized carbons (Fsp3) is 0.222. The highest BCUT2D eigenvalue weighted by molar-refractivity contribution is 5.48. The molecule has 0 N–H and O–H groups in total. The summed E-state index contributed by atoms with van der Waals surface area (Å²) in [5, 5.41) is 0. The average Bonchev–Trinajstić information content (AvgIpc) is 2.48. The van der Waals surface area contributed by atoms with E-state index in [1.807, 2.05) is 35.7 Å². The van der Waals surface area contributed by atoms with Gasteiger partial charge in [-0.15, -0.1) is 0 Å². The molecule has 0 aromatic carbocycles. The van der Waals surface area contributed by atoms with Crippen LogP contribution in [0.5, 0.6) is 5.88 Å². The fourth-order valence-corrected chi connectivity index (χ4v) is 1.33. The van der Waals surface area contributed by atoms with Gasteiger partial charge in [0.1, 0.15) is 5.82 Å². The number of pyridine rings is 1. The van der Waals surface area contributed by atoms with E-state index in [2.05, 4.69) is 4.98 Å². The summed E-state index contributed by atoms with van der Waals surface area (Å²) in [5.41, 5.74) is 1.06. The molecule has 3 heteroatoms. The summed E-state index contributed by atoms with van der Waals surface area (Å²) in [7, 11) is 1.66. The van der Waals surface area contributed by atoms with E-state index < -0.39 is 0 Å². The summed E-state index contributed by atoms with van der Waals surface area (Å²) >= 11 is 0. The minimum absolute atomic E-state index is 0.822. The van der Waals surface area contributed by atoms with Gasteiger partial charge in [-0.25, -0.2) is 4.98 Å². The molecule has 12 heavy (non-hydrogen) atoms. The predicted molar refractivity (Wildman–Crippen MR) is 46.5 cm³/mol. The van der Waals surface area contributed by atoms with Crippen molar-refractivity contribution in [1.29, 1.82) is 0 Å². The number of hydrogen-bond donors (Lipinski definition) is 0. The van der Waals surface area contributed by atoms with Gasteiger partial charge in [0.15, 0.2) is 5.88 Å². The zero-order chi connectivity index (χ0) is 8.55. The van der Waals surface area contributed by atoms with Crippen LogP contribution in [0.15, 0.2) is 24.4 Å². The highest BCUT2D eigenvalue weighted by Gasteiger charge is 2.02. The third-order valence-electron chi connectivity index (χ3n) is 1.90. The van der Waals surface area contributed by atoms with Crippen LogP contribution in [-0.4, -0.2) is 16.5 Å². The molecular formula is C9H10N2O. The highest BCUT2D eigenvalue weighted by Crippen LogP contribution is 2.15. The Bertz CT molecular complexity index is 406. The van der Waals surface area contributed by atoms with E-state index >= 15 is 0 Å². The van der Waals surface area contributed by atoms with Crippen LogP contribution >= 0.6 is 0 Å². The molecule has 0 amide bonds. The molecule has 2 heterocycles. The molecule has 0 atom stereocenters. The Hall–Kier alpha value is -1.51. The maximum Gasteiger partial charge on any atom is 0.199 e. The second-order valence-corrected chi connectivity index (χ2v) is 2.63. The lowest BCUT2D eigenvalue weighted by atomic mass is 10.4. The normalized spacial score (nSPS) is 10.5. The smallest absolute Gasteiger partial charge is 0.199 e. The Morgan fingerprint density at radius 3 is 3.00 bits per heavy atom. The number of rotatable bonds is 1. The zero-order valence-electron chi connectivity index (χ0n) is 7.11. The summed E-state index contributed by atoms with van der Waals surface area (Å²) in [6.45, 7) is 1.95. The van der Waals surface area contributed by atoms with Crippen LogP contribution < -0.4 is 4.74 Å². The van der Waals surface area contributed by atoms with Gasteiger partial charge in [-0.1, -0.05) is 6.07 Å². The van der Waals surface area contributed by atoms with Gasteiger partial charge in [0.05, 0.1) is 18.8 Å². The van der Waals surface area contributed by atoms with E-state index in [0.29, 0.717) is 0 Å². The minimum atomic E-state index is 0.822. The maximum absolute atomic E-state index is 5.19. The van der Waals surface area contributed by atoms with E-state index in [1.54, 1.807) is 7.11 Å². The number of imidazole rings is 1. The number of hydrogen-bond acceptors (Lipinski definition) is 2. The van der Waals surface area contributed by atoms with Crippen LogP contribution in [0.3, 0.4) is 0 Å².